The fourth-order valence-corrected chi connectivity index (χ4v) is 4.15. The van der Waals surface area contributed by atoms with Gasteiger partial charge in [0.15, 0.2) is 0 Å². The van der Waals surface area contributed by atoms with E-state index in [0.29, 0.717) is 23.7 Å². The van der Waals surface area contributed by atoms with Crippen LogP contribution in [-0.2, 0) is 0 Å². The SMILES string of the molecule is C=C[C@]1(O)CC[C@H](CC[C@H](C(C)O)C(C)CC)[C@H](CC)C1. The third kappa shape index (κ3) is 5.10. The number of rotatable bonds is 8. The highest BCUT2D eigenvalue weighted by Gasteiger charge is 2.37. The number of aliphatic hydroxyl groups excluding tert-OH is 1. The Labute approximate surface area is 131 Å². The lowest BCUT2D eigenvalue weighted by molar-refractivity contribution is -0.00317. The maximum atomic E-state index is 10.4. The molecule has 2 nitrogen and oxygen atoms in total. The maximum Gasteiger partial charge on any atom is 0.0827 e. The second-order valence-corrected chi connectivity index (χ2v) is 7.35. The zero-order valence-corrected chi connectivity index (χ0v) is 14.5. The summed E-state index contributed by atoms with van der Waals surface area (Å²) in [6, 6.07) is 0. The Morgan fingerprint density at radius 3 is 2.43 bits per heavy atom. The Balaban J connectivity index is 2.59. The summed E-state index contributed by atoms with van der Waals surface area (Å²) >= 11 is 0. The molecule has 1 rings (SSSR count). The van der Waals surface area contributed by atoms with Gasteiger partial charge in [-0.05, 0) is 62.7 Å². The van der Waals surface area contributed by atoms with Gasteiger partial charge in [-0.25, -0.2) is 0 Å². The van der Waals surface area contributed by atoms with Crippen molar-refractivity contribution in [1.29, 1.82) is 0 Å². The minimum absolute atomic E-state index is 0.214. The van der Waals surface area contributed by atoms with E-state index in [1.54, 1.807) is 6.08 Å². The number of hydrogen-bond acceptors (Lipinski definition) is 2. The first-order valence-corrected chi connectivity index (χ1v) is 8.90. The molecule has 2 unspecified atom stereocenters. The monoisotopic (exact) mass is 296 g/mol. The van der Waals surface area contributed by atoms with Crippen LogP contribution in [0.5, 0.6) is 0 Å². The lowest BCUT2D eigenvalue weighted by Crippen LogP contribution is -2.37. The van der Waals surface area contributed by atoms with E-state index in [2.05, 4.69) is 27.4 Å². The van der Waals surface area contributed by atoms with Gasteiger partial charge in [-0.3, -0.25) is 0 Å². The van der Waals surface area contributed by atoms with E-state index in [1.807, 2.05) is 6.92 Å². The van der Waals surface area contributed by atoms with Crippen LogP contribution in [0.2, 0.25) is 0 Å². The van der Waals surface area contributed by atoms with Crippen molar-refractivity contribution in [2.45, 2.75) is 84.3 Å². The van der Waals surface area contributed by atoms with Crippen molar-refractivity contribution in [1.82, 2.24) is 0 Å². The molecule has 1 aliphatic carbocycles. The topological polar surface area (TPSA) is 40.5 Å². The molecule has 124 valence electrons. The van der Waals surface area contributed by atoms with Gasteiger partial charge in [-0.15, -0.1) is 6.58 Å². The van der Waals surface area contributed by atoms with Crippen LogP contribution >= 0.6 is 0 Å². The average Bonchev–Trinajstić information content (AvgIpc) is 2.48. The van der Waals surface area contributed by atoms with Crippen LogP contribution in [0.1, 0.15) is 72.6 Å². The molecular formula is C19H36O2. The Morgan fingerprint density at radius 1 is 1.29 bits per heavy atom. The molecule has 2 heteroatoms. The van der Waals surface area contributed by atoms with Crippen molar-refractivity contribution in [3.05, 3.63) is 12.7 Å². The van der Waals surface area contributed by atoms with Gasteiger partial charge in [0, 0.05) is 0 Å². The second kappa shape index (κ2) is 8.33. The summed E-state index contributed by atoms with van der Waals surface area (Å²) in [5, 5.41) is 20.5. The summed E-state index contributed by atoms with van der Waals surface area (Å²) < 4.78 is 0. The molecule has 0 spiro atoms. The molecule has 1 saturated carbocycles. The van der Waals surface area contributed by atoms with E-state index >= 15 is 0 Å². The minimum atomic E-state index is -0.641. The van der Waals surface area contributed by atoms with Gasteiger partial charge in [0.05, 0.1) is 11.7 Å². The molecule has 0 aromatic carbocycles. The van der Waals surface area contributed by atoms with Gasteiger partial charge in [0.1, 0.15) is 0 Å². The van der Waals surface area contributed by atoms with Crippen molar-refractivity contribution in [2.75, 3.05) is 0 Å². The zero-order valence-electron chi connectivity index (χ0n) is 14.5. The van der Waals surface area contributed by atoms with Crippen LogP contribution in [0.3, 0.4) is 0 Å². The van der Waals surface area contributed by atoms with Crippen molar-refractivity contribution in [3.63, 3.8) is 0 Å². The molecule has 1 aliphatic rings. The van der Waals surface area contributed by atoms with E-state index in [4.69, 9.17) is 0 Å². The van der Waals surface area contributed by atoms with Gasteiger partial charge < -0.3 is 10.2 Å². The summed E-state index contributed by atoms with van der Waals surface area (Å²) in [7, 11) is 0. The molecule has 0 aromatic rings. The summed E-state index contributed by atoms with van der Waals surface area (Å²) in [4.78, 5) is 0. The Kier molecular flexibility index (Phi) is 7.42. The van der Waals surface area contributed by atoms with E-state index in [9.17, 15) is 10.2 Å². The third-order valence-electron chi connectivity index (χ3n) is 6.00. The summed E-state index contributed by atoms with van der Waals surface area (Å²) in [5.41, 5.74) is -0.641. The zero-order chi connectivity index (χ0) is 16.0. The van der Waals surface area contributed by atoms with E-state index in [0.717, 1.165) is 38.5 Å². The van der Waals surface area contributed by atoms with Crippen molar-refractivity contribution < 1.29 is 10.2 Å². The quantitative estimate of drug-likeness (QED) is 0.645. The lowest BCUT2D eigenvalue weighted by atomic mass is 9.68. The van der Waals surface area contributed by atoms with Crippen molar-refractivity contribution in [3.8, 4) is 0 Å². The van der Waals surface area contributed by atoms with Crippen LogP contribution in [0, 0.1) is 23.7 Å². The van der Waals surface area contributed by atoms with Gasteiger partial charge >= 0.3 is 0 Å². The molecule has 0 aromatic heterocycles. The largest absolute Gasteiger partial charge is 0.393 e. The van der Waals surface area contributed by atoms with Crippen molar-refractivity contribution >= 4 is 0 Å². The van der Waals surface area contributed by atoms with Crippen LogP contribution in [-0.4, -0.2) is 21.9 Å². The predicted molar refractivity (Wildman–Crippen MR) is 90.1 cm³/mol. The second-order valence-electron chi connectivity index (χ2n) is 7.35. The van der Waals surface area contributed by atoms with Gasteiger partial charge in [0.2, 0.25) is 0 Å². The first-order chi connectivity index (χ1) is 9.86. The minimum Gasteiger partial charge on any atom is -0.393 e. The normalized spacial score (nSPS) is 34.2. The molecule has 0 heterocycles. The van der Waals surface area contributed by atoms with Crippen LogP contribution in [0.25, 0.3) is 0 Å². The maximum absolute atomic E-state index is 10.4. The third-order valence-corrected chi connectivity index (χ3v) is 6.00. The van der Waals surface area contributed by atoms with Crippen LogP contribution in [0.15, 0.2) is 12.7 Å². The van der Waals surface area contributed by atoms with E-state index in [1.165, 1.54) is 6.42 Å². The molecule has 0 amide bonds. The molecule has 0 saturated heterocycles. The molecule has 1 fully saturated rings. The standard InChI is InChI=1S/C19H36O2/c1-6-14(4)18(15(5)20)10-9-17-11-12-19(21,8-3)13-16(17)7-2/h8,14-18,20-21H,3,6-7,9-13H2,1-2,4-5H3/t14?,15?,16-,17+,18+,19+/m1/s1. The summed E-state index contributed by atoms with van der Waals surface area (Å²) in [6.45, 7) is 12.4. The first kappa shape index (κ1) is 18.7. The highest BCUT2D eigenvalue weighted by molar-refractivity contribution is 5.01. The summed E-state index contributed by atoms with van der Waals surface area (Å²) in [5.74, 6) is 2.28. The molecule has 6 atom stereocenters. The van der Waals surface area contributed by atoms with Gasteiger partial charge in [0.25, 0.3) is 0 Å². The first-order valence-electron chi connectivity index (χ1n) is 8.90. The number of aliphatic hydroxyl groups is 2. The fourth-order valence-electron chi connectivity index (χ4n) is 4.15. The van der Waals surface area contributed by atoms with E-state index in [-0.39, 0.29) is 6.10 Å². The molecule has 2 N–H and O–H groups in total. The molecule has 0 radical (unpaired) electrons. The predicted octanol–water partition coefficient (Wildman–Crippen LogP) is 4.55. The molecule has 0 aliphatic heterocycles. The van der Waals surface area contributed by atoms with Crippen LogP contribution < -0.4 is 0 Å². The van der Waals surface area contributed by atoms with Crippen LogP contribution in [0.4, 0.5) is 0 Å². The van der Waals surface area contributed by atoms with E-state index < -0.39 is 5.60 Å². The fraction of sp³-hybridized carbons (Fsp3) is 0.895. The average molecular weight is 296 g/mol. The number of hydrogen-bond donors (Lipinski definition) is 2. The van der Waals surface area contributed by atoms with Gasteiger partial charge in [-0.2, -0.15) is 0 Å². The highest BCUT2D eigenvalue weighted by atomic mass is 16.3. The highest BCUT2D eigenvalue weighted by Crippen LogP contribution is 2.42. The molecular weight excluding hydrogens is 260 g/mol. The summed E-state index contributed by atoms with van der Waals surface area (Å²) in [6.07, 6.45) is 8.88. The lowest BCUT2D eigenvalue weighted by Gasteiger charge is -2.40. The Bertz CT molecular complexity index is 313. The Hall–Kier alpha value is -0.340. The van der Waals surface area contributed by atoms with Gasteiger partial charge in [-0.1, -0.05) is 39.7 Å². The van der Waals surface area contributed by atoms with Crippen molar-refractivity contribution in [2.24, 2.45) is 23.7 Å². The molecule has 0 bridgehead atoms. The Morgan fingerprint density at radius 2 is 1.95 bits per heavy atom. The smallest absolute Gasteiger partial charge is 0.0827 e. The molecule has 21 heavy (non-hydrogen) atoms.